The lowest BCUT2D eigenvalue weighted by atomic mass is 10.2. The summed E-state index contributed by atoms with van der Waals surface area (Å²) < 4.78 is 1.25. The smallest absolute Gasteiger partial charge is 0.135 e. The Morgan fingerprint density at radius 2 is 2.28 bits per heavy atom. The van der Waals surface area contributed by atoms with E-state index in [1.54, 1.807) is 17.5 Å². The molecule has 3 aromatic rings. The Bertz CT molecular complexity index is 629. The summed E-state index contributed by atoms with van der Waals surface area (Å²) in [6.07, 6.45) is 6.42. The first kappa shape index (κ1) is 11.2. The number of pyridine rings is 1. The number of imidazole rings is 1. The minimum absolute atomic E-state index is 0.165. The van der Waals surface area contributed by atoms with Gasteiger partial charge in [-0.25, -0.2) is 9.97 Å². The maximum absolute atomic E-state index is 4.43. The number of thiophene rings is 1. The van der Waals surface area contributed by atoms with E-state index >= 15 is 0 Å². The molecule has 0 aliphatic carbocycles. The van der Waals surface area contributed by atoms with E-state index < -0.39 is 0 Å². The first-order valence-corrected chi connectivity index (χ1v) is 6.84. The topological polar surface area (TPSA) is 53.6 Å². The quantitative estimate of drug-likeness (QED) is 0.752. The third kappa shape index (κ3) is 1.97. The number of nitrogens with one attached hydrogen (secondary N) is 2. The first-order valence-electron chi connectivity index (χ1n) is 5.96. The summed E-state index contributed by atoms with van der Waals surface area (Å²) >= 11 is 1.73. The molecule has 92 valence electrons. The van der Waals surface area contributed by atoms with Crippen molar-refractivity contribution in [3.8, 4) is 0 Å². The molecular formula is C13H14N4S. The molecule has 0 bridgehead atoms. The standard InChI is InChI=1S/C13H14N4S/c1-2-10(13-15-6-7-16-13)17-12-9-4-8-18-11(9)3-5-14-12/h3-8,10H,2H2,1H3,(H,14,17)(H,15,16). The van der Waals surface area contributed by atoms with Crippen LogP contribution < -0.4 is 5.32 Å². The number of anilines is 1. The summed E-state index contributed by atoms with van der Waals surface area (Å²) in [7, 11) is 0. The number of nitrogens with zero attached hydrogens (tertiary/aromatic N) is 2. The van der Waals surface area contributed by atoms with Crippen molar-refractivity contribution in [2.45, 2.75) is 19.4 Å². The molecule has 3 heterocycles. The van der Waals surface area contributed by atoms with Gasteiger partial charge in [0, 0.05) is 28.7 Å². The molecule has 0 aromatic carbocycles. The van der Waals surface area contributed by atoms with Gasteiger partial charge in [-0.1, -0.05) is 6.92 Å². The highest BCUT2D eigenvalue weighted by Crippen LogP contribution is 2.28. The normalized spacial score (nSPS) is 12.7. The number of hydrogen-bond acceptors (Lipinski definition) is 4. The fourth-order valence-electron chi connectivity index (χ4n) is 2.01. The van der Waals surface area contributed by atoms with Gasteiger partial charge in [-0.3, -0.25) is 0 Å². The predicted octanol–water partition coefficient (Wildman–Crippen LogP) is 3.58. The van der Waals surface area contributed by atoms with Gasteiger partial charge in [0.25, 0.3) is 0 Å². The second-order valence-electron chi connectivity index (χ2n) is 4.07. The third-order valence-electron chi connectivity index (χ3n) is 2.95. The van der Waals surface area contributed by atoms with Gasteiger partial charge < -0.3 is 10.3 Å². The zero-order valence-electron chi connectivity index (χ0n) is 10.1. The van der Waals surface area contributed by atoms with E-state index in [1.807, 2.05) is 18.5 Å². The Kier molecular flexibility index (Phi) is 2.98. The third-order valence-corrected chi connectivity index (χ3v) is 3.83. The van der Waals surface area contributed by atoms with Gasteiger partial charge >= 0.3 is 0 Å². The van der Waals surface area contributed by atoms with Gasteiger partial charge in [0.15, 0.2) is 0 Å². The summed E-state index contributed by atoms with van der Waals surface area (Å²) in [5, 5.41) is 6.72. The fourth-order valence-corrected chi connectivity index (χ4v) is 2.79. The zero-order chi connectivity index (χ0) is 12.4. The summed E-state index contributed by atoms with van der Waals surface area (Å²) in [5.41, 5.74) is 0. The molecule has 0 aliphatic heterocycles. The van der Waals surface area contributed by atoms with Crippen LogP contribution in [0.15, 0.2) is 36.1 Å². The Labute approximate surface area is 109 Å². The minimum Gasteiger partial charge on any atom is -0.360 e. The largest absolute Gasteiger partial charge is 0.360 e. The van der Waals surface area contributed by atoms with Crippen molar-refractivity contribution in [2.75, 3.05) is 5.32 Å². The Hall–Kier alpha value is -1.88. The summed E-state index contributed by atoms with van der Waals surface area (Å²) in [5.74, 6) is 1.88. The van der Waals surface area contributed by atoms with E-state index in [-0.39, 0.29) is 6.04 Å². The monoisotopic (exact) mass is 258 g/mol. The molecule has 0 fully saturated rings. The molecule has 4 nitrogen and oxygen atoms in total. The van der Waals surface area contributed by atoms with Crippen molar-refractivity contribution < 1.29 is 0 Å². The molecule has 1 atom stereocenters. The highest BCUT2D eigenvalue weighted by molar-refractivity contribution is 7.17. The van der Waals surface area contributed by atoms with Gasteiger partial charge in [-0.2, -0.15) is 0 Å². The number of fused-ring (bicyclic) bond motifs is 1. The summed E-state index contributed by atoms with van der Waals surface area (Å²) in [4.78, 5) is 11.9. The molecular weight excluding hydrogens is 244 g/mol. The van der Waals surface area contributed by atoms with Gasteiger partial charge in [-0.15, -0.1) is 11.3 Å². The first-order chi connectivity index (χ1) is 8.88. The van der Waals surface area contributed by atoms with Crippen LogP contribution in [-0.4, -0.2) is 15.0 Å². The number of hydrogen-bond donors (Lipinski definition) is 2. The molecule has 0 saturated heterocycles. The van der Waals surface area contributed by atoms with E-state index in [1.165, 1.54) is 10.1 Å². The summed E-state index contributed by atoms with van der Waals surface area (Å²) in [6, 6.07) is 4.31. The van der Waals surface area contributed by atoms with Crippen molar-refractivity contribution in [1.29, 1.82) is 0 Å². The maximum atomic E-state index is 4.43. The SMILES string of the molecule is CCC(Nc1nccc2sccc12)c1ncc[nH]1. The molecule has 2 N–H and O–H groups in total. The molecule has 0 spiro atoms. The van der Waals surface area contributed by atoms with Gasteiger partial charge in [-0.05, 0) is 23.9 Å². The molecule has 0 saturated carbocycles. The lowest BCUT2D eigenvalue weighted by Crippen LogP contribution is -2.12. The van der Waals surface area contributed by atoms with Crippen molar-refractivity contribution in [2.24, 2.45) is 0 Å². The Morgan fingerprint density at radius 1 is 1.33 bits per heavy atom. The van der Waals surface area contributed by atoms with Crippen LogP contribution >= 0.6 is 11.3 Å². The van der Waals surface area contributed by atoms with Crippen molar-refractivity contribution >= 4 is 27.2 Å². The molecule has 18 heavy (non-hydrogen) atoms. The second-order valence-corrected chi connectivity index (χ2v) is 5.02. The molecule has 5 heteroatoms. The zero-order valence-corrected chi connectivity index (χ0v) is 10.9. The second kappa shape index (κ2) is 4.78. The average molecular weight is 258 g/mol. The van der Waals surface area contributed by atoms with Crippen LogP contribution in [-0.2, 0) is 0 Å². The van der Waals surface area contributed by atoms with Gasteiger partial charge in [0.2, 0.25) is 0 Å². The molecule has 0 radical (unpaired) electrons. The number of aromatic nitrogens is 3. The Morgan fingerprint density at radius 3 is 3.06 bits per heavy atom. The van der Waals surface area contributed by atoms with E-state index in [4.69, 9.17) is 0 Å². The predicted molar refractivity (Wildman–Crippen MR) is 74.9 cm³/mol. The van der Waals surface area contributed by atoms with E-state index in [2.05, 4.69) is 38.6 Å². The van der Waals surface area contributed by atoms with Crippen LogP contribution in [0.3, 0.4) is 0 Å². The average Bonchev–Trinajstić information content (AvgIpc) is 3.06. The van der Waals surface area contributed by atoms with Gasteiger partial charge in [0.05, 0.1) is 6.04 Å². The number of H-pyrrole nitrogens is 1. The van der Waals surface area contributed by atoms with Crippen molar-refractivity contribution in [3.05, 3.63) is 41.9 Å². The van der Waals surface area contributed by atoms with E-state index in [0.717, 1.165) is 18.1 Å². The highest BCUT2D eigenvalue weighted by Gasteiger charge is 2.13. The van der Waals surface area contributed by atoms with Gasteiger partial charge in [0.1, 0.15) is 11.6 Å². The Balaban J connectivity index is 1.93. The fraction of sp³-hybridized carbons (Fsp3) is 0.231. The lowest BCUT2D eigenvalue weighted by Gasteiger charge is -2.15. The lowest BCUT2D eigenvalue weighted by molar-refractivity contribution is 0.701. The molecule has 3 aromatic heterocycles. The van der Waals surface area contributed by atoms with Crippen molar-refractivity contribution in [3.63, 3.8) is 0 Å². The van der Waals surface area contributed by atoms with Crippen LogP contribution in [0.25, 0.3) is 10.1 Å². The maximum Gasteiger partial charge on any atom is 0.135 e. The highest BCUT2D eigenvalue weighted by atomic mass is 32.1. The molecule has 1 unspecified atom stereocenters. The number of rotatable bonds is 4. The molecule has 0 amide bonds. The van der Waals surface area contributed by atoms with E-state index in [0.29, 0.717) is 0 Å². The van der Waals surface area contributed by atoms with Crippen LogP contribution in [0.2, 0.25) is 0 Å². The molecule has 0 aliphatic rings. The van der Waals surface area contributed by atoms with Crippen LogP contribution in [0.4, 0.5) is 5.82 Å². The van der Waals surface area contributed by atoms with Crippen LogP contribution in [0, 0.1) is 0 Å². The van der Waals surface area contributed by atoms with Crippen LogP contribution in [0.5, 0.6) is 0 Å². The summed E-state index contributed by atoms with van der Waals surface area (Å²) in [6.45, 7) is 2.13. The van der Waals surface area contributed by atoms with Crippen molar-refractivity contribution in [1.82, 2.24) is 15.0 Å². The number of aromatic amines is 1. The molecule has 3 rings (SSSR count). The van der Waals surface area contributed by atoms with Crippen LogP contribution in [0.1, 0.15) is 25.2 Å². The van der Waals surface area contributed by atoms with E-state index in [9.17, 15) is 0 Å². The minimum atomic E-state index is 0.165.